The average Bonchev–Trinajstić information content (AvgIpc) is 2.56. The third-order valence-corrected chi connectivity index (χ3v) is 3.72. The summed E-state index contributed by atoms with van der Waals surface area (Å²) < 4.78 is 13.7. The van der Waals surface area contributed by atoms with Crippen molar-refractivity contribution in [3.8, 4) is 5.75 Å². The lowest BCUT2D eigenvalue weighted by atomic mass is 10.1. The van der Waals surface area contributed by atoms with Gasteiger partial charge in [-0.1, -0.05) is 30.3 Å². The van der Waals surface area contributed by atoms with Gasteiger partial charge in [0.2, 0.25) is 0 Å². The fourth-order valence-corrected chi connectivity index (χ4v) is 2.47. The Morgan fingerprint density at radius 1 is 1.12 bits per heavy atom. The summed E-state index contributed by atoms with van der Waals surface area (Å²) in [6, 6.07) is 10.5. The Kier molecular flexibility index (Phi) is 6.18. The SMILES string of the molecule is CCNC(=NCc1cc(C)c(O)c(C)c1)NCc1ccccc1F. The number of halogens is 1. The van der Waals surface area contributed by atoms with E-state index in [1.165, 1.54) is 6.07 Å². The van der Waals surface area contributed by atoms with Crippen molar-refractivity contribution in [3.63, 3.8) is 0 Å². The van der Waals surface area contributed by atoms with Gasteiger partial charge < -0.3 is 15.7 Å². The van der Waals surface area contributed by atoms with Crippen LogP contribution >= 0.6 is 0 Å². The first-order chi connectivity index (χ1) is 11.5. The van der Waals surface area contributed by atoms with E-state index >= 15 is 0 Å². The van der Waals surface area contributed by atoms with Crippen LogP contribution in [0.4, 0.5) is 4.39 Å². The molecule has 2 aromatic rings. The van der Waals surface area contributed by atoms with E-state index < -0.39 is 0 Å². The van der Waals surface area contributed by atoms with E-state index in [2.05, 4.69) is 15.6 Å². The molecule has 0 amide bonds. The lowest BCUT2D eigenvalue weighted by Crippen LogP contribution is -2.37. The number of nitrogens with one attached hydrogen (secondary N) is 2. The molecule has 0 aliphatic rings. The number of aromatic hydroxyl groups is 1. The number of hydrogen-bond acceptors (Lipinski definition) is 2. The van der Waals surface area contributed by atoms with Crippen molar-refractivity contribution in [3.05, 3.63) is 64.5 Å². The van der Waals surface area contributed by atoms with Gasteiger partial charge in [-0.3, -0.25) is 0 Å². The van der Waals surface area contributed by atoms with E-state index in [4.69, 9.17) is 0 Å². The topological polar surface area (TPSA) is 56.7 Å². The Balaban J connectivity index is 2.07. The van der Waals surface area contributed by atoms with Gasteiger partial charge in [0.05, 0.1) is 6.54 Å². The standard InChI is InChI=1S/C19H24FN3O/c1-4-21-19(23-12-16-7-5-6-8-17(16)20)22-11-15-9-13(2)18(24)14(3)10-15/h5-10,24H,4,11-12H2,1-3H3,(H2,21,22,23). The Labute approximate surface area is 142 Å². The second-order valence-corrected chi connectivity index (χ2v) is 5.72. The average molecular weight is 329 g/mol. The molecule has 0 unspecified atom stereocenters. The first-order valence-electron chi connectivity index (χ1n) is 8.06. The summed E-state index contributed by atoms with van der Waals surface area (Å²) in [4.78, 5) is 4.53. The summed E-state index contributed by atoms with van der Waals surface area (Å²) in [6.45, 7) is 7.29. The fraction of sp³-hybridized carbons (Fsp3) is 0.316. The number of nitrogens with zero attached hydrogens (tertiary/aromatic N) is 1. The van der Waals surface area contributed by atoms with Gasteiger partial charge >= 0.3 is 0 Å². The van der Waals surface area contributed by atoms with E-state index in [0.717, 1.165) is 23.2 Å². The van der Waals surface area contributed by atoms with E-state index in [9.17, 15) is 9.50 Å². The molecule has 0 bridgehead atoms. The molecule has 0 aliphatic heterocycles. The van der Waals surface area contributed by atoms with Crippen LogP contribution in [0.15, 0.2) is 41.4 Å². The third kappa shape index (κ3) is 4.72. The number of benzene rings is 2. The molecule has 0 saturated heterocycles. The molecule has 5 heteroatoms. The van der Waals surface area contributed by atoms with Gasteiger partial charge in [-0.2, -0.15) is 0 Å². The first kappa shape index (κ1) is 17.8. The Morgan fingerprint density at radius 2 is 1.79 bits per heavy atom. The van der Waals surface area contributed by atoms with Crippen molar-refractivity contribution in [2.75, 3.05) is 6.54 Å². The van der Waals surface area contributed by atoms with Gasteiger partial charge in [-0.25, -0.2) is 9.38 Å². The maximum Gasteiger partial charge on any atom is 0.191 e. The molecule has 0 aromatic heterocycles. The predicted molar refractivity (Wildman–Crippen MR) is 95.6 cm³/mol. The van der Waals surface area contributed by atoms with Crippen LogP contribution in [0.3, 0.4) is 0 Å². The molecule has 0 atom stereocenters. The number of phenolic OH excluding ortho intramolecular Hbond substituents is 1. The van der Waals surface area contributed by atoms with Gasteiger partial charge in [0.25, 0.3) is 0 Å². The van der Waals surface area contributed by atoms with Crippen molar-refractivity contribution in [1.29, 1.82) is 0 Å². The van der Waals surface area contributed by atoms with Crippen LogP contribution in [0, 0.1) is 19.7 Å². The smallest absolute Gasteiger partial charge is 0.191 e. The summed E-state index contributed by atoms with van der Waals surface area (Å²) in [5.41, 5.74) is 3.29. The summed E-state index contributed by atoms with van der Waals surface area (Å²) >= 11 is 0. The molecule has 0 radical (unpaired) electrons. The highest BCUT2D eigenvalue weighted by Crippen LogP contribution is 2.23. The minimum Gasteiger partial charge on any atom is -0.507 e. The minimum atomic E-state index is -0.231. The highest BCUT2D eigenvalue weighted by Gasteiger charge is 2.05. The Morgan fingerprint density at radius 3 is 2.42 bits per heavy atom. The van der Waals surface area contributed by atoms with Crippen molar-refractivity contribution < 1.29 is 9.50 Å². The van der Waals surface area contributed by atoms with Crippen LogP contribution in [-0.2, 0) is 13.1 Å². The normalized spacial score (nSPS) is 11.4. The number of phenols is 1. The van der Waals surface area contributed by atoms with Crippen molar-refractivity contribution in [2.45, 2.75) is 33.9 Å². The van der Waals surface area contributed by atoms with Gasteiger partial charge in [-0.05, 0) is 43.5 Å². The van der Waals surface area contributed by atoms with Crippen molar-refractivity contribution in [2.24, 2.45) is 4.99 Å². The van der Waals surface area contributed by atoms with Crippen LogP contribution < -0.4 is 10.6 Å². The van der Waals surface area contributed by atoms with E-state index in [0.29, 0.717) is 30.4 Å². The zero-order valence-corrected chi connectivity index (χ0v) is 14.4. The minimum absolute atomic E-state index is 0.231. The number of aryl methyl sites for hydroxylation is 2. The summed E-state index contributed by atoms with van der Waals surface area (Å²) in [5.74, 6) is 0.724. The Bertz CT molecular complexity index is 705. The molecule has 2 rings (SSSR count). The molecule has 4 nitrogen and oxygen atoms in total. The van der Waals surface area contributed by atoms with Gasteiger partial charge in [0.1, 0.15) is 11.6 Å². The first-order valence-corrected chi connectivity index (χ1v) is 8.06. The number of hydrogen-bond donors (Lipinski definition) is 3. The molecule has 0 saturated carbocycles. The lowest BCUT2D eigenvalue weighted by molar-refractivity contribution is 0.466. The molecule has 2 aromatic carbocycles. The highest BCUT2D eigenvalue weighted by molar-refractivity contribution is 5.79. The summed E-state index contributed by atoms with van der Waals surface area (Å²) in [6.07, 6.45) is 0. The molecular formula is C19H24FN3O. The molecule has 0 fully saturated rings. The predicted octanol–water partition coefficient (Wildman–Crippen LogP) is 3.40. The maximum absolute atomic E-state index is 13.7. The molecule has 0 spiro atoms. The zero-order valence-electron chi connectivity index (χ0n) is 14.4. The maximum atomic E-state index is 13.7. The van der Waals surface area contributed by atoms with Gasteiger partial charge in [0, 0.05) is 18.7 Å². The molecule has 0 aliphatic carbocycles. The lowest BCUT2D eigenvalue weighted by Gasteiger charge is -2.12. The van der Waals surface area contributed by atoms with E-state index in [1.54, 1.807) is 12.1 Å². The van der Waals surface area contributed by atoms with Crippen LogP contribution in [0.25, 0.3) is 0 Å². The van der Waals surface area contributed by atoms with E-state index in [1.807, 2.05) is 39.0 Å². The van der Waals surface area contributed by atoms with Crippen molar-refractivity contribution >= 4 is 5.96 Å². The monoisotopic (exact) mass is 329 g/mol. The molecule has 3 N–H and O–H groups in total. The Hall–Kier alpha value is -2.56. The van der Waals surface area contributed by atoms with Gasteiger partial charge in [-0.15, -0.1) is 0 Å². The van der Waals surface area contributed by atoms with E-state index in [-0.39, 0.29) is 5.82 Å². The quantitative estimate of drug-likeness (QED) is 0.582. The highest BCUT2D eigenvalue weighted by atomic mass is 19.1. The summed E-state index contributed by atoms with van der Waals surface area (Å²) in [7, 11) is 0. The second kappa shape index (κ2) is 8.34. The summed E-state index contributed by atoms with van der Waals surface area (Å²) in [5, 5.41) is 16.1. The van der Waals surface area contributed by atoms with Gasteiger partial charge in [0.15, 0.2) is 5.96 Å². The van der Waals surface area contributed by atoms with Crippen LogP contribution in [0.1, 0.15) is 29.2 Å². The molecule has 128 valence electrons. The fourth-order valence-electron chi connectivity index (χ4n) is 2.47. The largest absolute Gasteiger partial charge is 0.507 e. The second-order valence-electron chi connectivity index (χ2n) is 5.72. The molecule has 0 heterocycles. The van der Waals surface area contributed by atoms with Crippen LogP contribution in [-0.4, -0.2) is 17.6 Å². The van der Waals surface area contributed by atoms with Crippen LogP contribution in [0.2, 0.25) is 0 Å². The number of guanidine groups is 1. The van der Waals surface area contributed by atoms with Crippen LogP contribution in [0.5, 0.6) is 5.75 Å². The number of rotatable bonds is 5. The third-order valence-electron chi connectivity index (χ3n) is 3.72. The zero-order chi connectivity index (χ0) is 17.5. The molecular weight excluding hydrogens is 305 g/mol. The number of aliphatic imine (C=N–C) groups is 1. The van der Waals surface area contributed by atoms with Crippen molar-refractivity contribution in [1.82, 2.24) is 10.6 Å². The molecule has 24 heavy (non-hydrogen) atoms.